The van der Waals surface area contributed by atoms with Crippen LogP contribution >= 0.6 is 0 Å². The zero-order valence-corrected chi connectivity index (χ0v) is 10.1. The summed E-state index contributed by atoms with van der Waals surface area (Å²) in [4.78, 5) is 24.7. The van der Waals surface area contributed by atoms with Crippen molar-refractivity contribution in [3.63, 3.8) is 0 Å². The lowest BCUT2D eigenvalue weighted by molar-refractivity contribution is -0.138. The average Bonchev–Trinajstić information content (AvgIpc) is 2.92. The van der Waals surface area contributed by atoms with Crippen molar-refractivity contribution in [3.05, 3.63) is 41.6 Å². The van der Waals surface area contributed by atoms with E-state index in [4.69, 9.17) is 4.74 Å². The van der Waals surface area contributed by atoms with E-state index in [2.05, 4.69) is 0 Å². The largest absolute Gasteiger partial charge is 0.497 e. The molecule has 0 radical (unpaired) electrons. The maximum atomic E-state index is 11.8. The van der Waals surface area contributed by atoms with Gasteiger partial charge >= 0.3 is 0 Å². The molecule has 2 aliphatic rings. The number of methoxy groups -OCH3 is 1. The van der Waals surface area contributed by atoms with Gasteiger partial charge in [0.1, 0.15) is 5.75 Å². The van der Waals surface area contributed by atoms with Gasteiger partial charge in [0.25, 0.3) is 0 Å². The maximum absolute atomic E-state index is 11.8. The number of carbonyl (C=O) groups is 2. The fourth-order valence-corrected chi connectivity index (χ4v) is 2.59. The summed E-state index contributed by atoms with van der Waals surface area (Å²) in [6, 6.07) is 7.65. The Morgan fingerprint density at radius 2 is 1.89 bits per heavy atom. The Labute approximate surface area is 105 Å². The first-order valence-corrected chi connectivity index (χ1v) is 5.90. The monoisotopic (exact) mass is 243 g/mol. The Bertz CT molecular complexity index is 545. The summed E-state index contributed by atoms with van der Waals surface area (Å²) >= 11 is 0. The summed E-state index contributed by atoms with van der Waals surface area (Å²) in [5.74, 6) is 0.599. The molecule has 4 nitrogen and oxygen atoms in total. The highest BCUT2D eigenvalue weighted by molar-refractivity contribution is 6.03. The van der Waals surface area contributed by atoms with Gasteiger partial charge in [-0.15, -0.1) is 0 Å². The Kier molecular flexibility index (Phi) is 2.44. The van der Waals surface area contributed by atoms with Crippen LogP contribution in [0.2, 0.25) is 0 Å². The number of rotatable bonds is 2. The van der Waals surface area contributed by atoms with E-state index in [1.807, 2.05) is 30.3 Å². The first kappa shape index (κ1) is 11.0. The van der Waals surface area contributed by atoms with E-state index in [1.54, 1.807) is 7.11 Å². The topological polar surface area (TPSA) is 46.6 Å². The van der Waals surface area contributed by atoms with E-state index in [-0.39, 0.29) is 17.7 Å². The van der Waals surface area contributed by atoms with Crippen LogP contribution in [0.25, 0.3) is 0 Å². The number of allylic oxidation sites excluding steroid dienone is 1. The molecule has 18 heavy (non-hydrogen) atoms. The van der Waals surface area contributed by atoms with Crippen molar-refractivity contribution in [1.29, 1.82) is 0 Å². The normalized spacial score (nSPS) is 22.2. The summed E-state index contributed by atoms with van der Waals surface area (Å²) in [5.41, 5.74) is 1.89. The van der Waals surface area contributed by atoms with Crippen molar-refractivity contribution < 1.29 is 14.3 Å². The molecule has 1 aromatic rings. The highest BCUT2D eigenvalue weighted by atomic mass is 16.5. The summed E-state index contributed by atoms with van der Waals surface area (Å²) in [6.07, 6.45) is 2.58. The van der Waals surface area contributed by atoms with E-state index < -0.39 is 0 Å². The van der Waals surface area contributed by atoms with Gasteiger partial charge in [-0.1, -0.05) is 18.2 Å². The van der Waals surface area contributed by atoms with Crippen molar-refractivity contribution in [2.75, 3.05) is 7.11 Å². The molecule has 1 aromatic carbocycles. The molecule has 0 bridgehead atoms. The van der Waals surface area contributed by atoms with Crippen LogP contribution in [0, 0.1) is 0 Å². The van der Waals surface area contributed by atoms with Gasteiger partial charge in [0.05, 0.1) is 7.11 Å². The van der Waals surface area contributed by atoms with Gasteiger partial charge in [-0.05, 0) is 17.7 Å². The van der Waals surface area contributed by atoms with E-state index in [0.29, 0.717) is 12.8 Å². The Morgan fingerprint density at radius 1 is 1.17 bits per heavy atom. The third-order valence-corrected chi connectivity index (χ3v) is 3.50. The molecule has 2 aliphatic heterocycles. The fourth-order valence-electron chi connectivity index (χ4n) is 2.59. The van der Waals surface area contributed by atoms with Crippen LogP contribution in [-0.4, -0.2) is 23.8 Å². The number of benzene rings is 1. The molecular weight excluding hydrogens is 230 g/mol. The fraction of sp³-hybridized carbons (Fsp3) is 0.286. The lowest BCUT2D eigenvalue weighted by atomic mass is 9.95. The number of carbonyl (C=O) groups excluding carboxylic acids is 2. The van der Waals surface area contributed by atoms with E-state index in [9.17, 15) is 9.59 Å². The molecule has 2 heterocycles. The van der Waals surface area contributed by atoms with Crippen molar-refractivity contribution in [1.82, 2.24) is 4.90 Å². The molecule has 0 aromatic heterocycles. The summed E-state index contributed by atoms with van der Waals surface area (Å²) in [5, 5.41) is 0. The van der Waals surface area contributed by atoms with Crippen LogP contribution in [0.4, 0.5) is 0 Å². The molecule has 1 unspecified atom stereocenters. The van der Waals surface area contributed by atoms with Crippen molar-refractivity contribution in [3.8, 4) is 5.75 Å². The van der Waals surface area contributed by atoms with Crippen LogP contribution < -0.4 is 4.74 Å². The predicted octanol–water partition coefficient (Wildman–Crippen LogP) is 1.83. The minimum absolute atomic E-state index is 0.00913. The minimum atomic E-state index is -0.106. The second kappa shape index (κ2) is 3.98. The van der Waals surface area contributed by atoms with E-state index in [0.717, 1.165) is 17.0 Å². The number of hydrogen-bond acceptors (Lipinski definition) is 3. The third-order valence-electron chi connectivity index (χ3n) is 3.50. The van der Waals surface area contributed by atoms with Gasteiger partial charge < -0.3 is 4.74 Å². The van der Waals surface area contributed by atoms with Crippen LogP contribution in [-0.2, 0) is 9.59 Å². The second-order valence-corrected chi connectivity index (χ2v) is 4.49. The van der Waals surface area contributed by atoms with E-state index in [1.165, 1.54) is 4.90 Å². The Balaban J connectivity index is 1.93. The molecule has 3 rings (SSSR count). The molecule has 92 valence electrons. The molecule has 1 fully saturated rings. The molecule has 1 saturated heterocycles. The van der Waals surface area contributed by atoms with Crippen LogP contribution in [0.15, 0.2) is 36.0 Å². The number of nitrogens with zero attached hydrogens (tertiary/aromatic N) is 1. The Morgan fingerprint density at radius 3 is 2.56 bits per heavy atom. The highest BCUT2D eigenvalue weighted by Gasteiger charge is 2.42. The van der Waals surface area contributed by atoms with Gasteiger partial charge in [0.2, 0.25) is 11.8 Å². The lowest BCUT2D eigenvalue weighted by Crippen LogP contribution is -2.26. The molecule has 0 spiro atoms. The number of imide groups is 1. The van der Waals surface area contributed by atoms with Crippen molar-refractivity contribution in [2.45, 2.75) is 18.8 Å². The third kappa shape index (κ3) is 1.53. The van der Waals surface area contributed by atoms with Crippen molar-refractivity contribution in [2.24, 2.45) is 0 Å². The zero-order chi connectivity index (χ0) is 12.7. The van der Waals surface area contributed by atoms with Crippen LogP contribution in [0.1, 0.15) is 24.3 Å². The summed E-state index contributed by atoms with van der Waals surface area (Å²) in [6.45, 7) is 0. The first-order chi connectivity index (χ1) is 8.70. The number of hydrogen-bond donors (Lipinski definition) is 0. The SMILES string of the molecule is COc1ccc(C2CC(=O)N3C(=O)CC=C23)cc1. The molecule has 0 N–H and O–H groups in total. The summed E-state index contributed by atoms with van der Waals surface area (Å²) in [7, 11) is 1.62. The minimum Gasteiger partial charge on any atom is -0.497 e. The van der Waals surface area contributed by atoms with Crippen LogP contribution in [0.3, 0.4) is 0 Å². The summed E-state index contributed by atoms with van der Waals surface area (Å²) < 4.78 is 5.11. The Hall–Kier alpha value is -2.10. The zero-order valence-electron chi connectivity index (χ0n) is 10.1. The molecule has 0 saturated carbocycles. The van der Waals surface area contributed by atoms with Gasteiger partial charge in [-0.25, -0.2) is 0 Å². The number of amides is 2. The molecule has 0 aliphatic carbocycles. The smallest absolute Gasteiger partial charge is 0.237 e. The number of ether oxygens (including phenoxy) is 1. The lowest BCUT2D eigenvalue weighted by Gasteiger charge is -2.13. The first-order valence-electron chi connectivity index (χ1n) is 5.90. The molecular formula is C14H13NO3. The standard InChI is InChI=1S/C14H13NO3/c1-18-10-4-2-9(3-5-10)11-8-14(17)15-12(11)6-7-13(15)16/h2-6,11H,7-8H2,1H3. The van der Waals surface area contributed by atoms with Crippen LogP contribution in [0.5, 0.6) is 5.75 Å². The molecule has 4 heteroatoms. The quantitative estimate of drug-likeness (QED) is 0.744. The average molecular weight is 243 g/mol. The van der Waals surface area contributed by atoms with Gasteiger partial charge in [-0.2, -0.15) is 0 Å². The predicted molar refractivity (Wildman–Crippen MR) is 64.9 cm³/mol. The highest BCUT2D eigenvalue weighted by Crippen LogP contribution is 2.41. The van der Waals surface area contributed by atoms with Gasteiger partial charge in [0.15, 0.2) is 0 Å². The van der Waals surface area contributed by atoms with Crippen molar-refractivity contribution >= 4 is 11.8 Å². The molecule has 2 amide bonds. The van der Waals surface area contributed by atoms with Gasteiger partial charge in [0, 0.05) is 24.5 Å². The van der Waals surface area contributed by atoms with Gasteiger partial charge in [-0.3, -0.25) is 14.5 Å². The second-order valence-electron chi connectivity index (χ2n) is 4.49. The molecule has 1 atom stereocenters. The number of fused-ring (bicyclic) bond motifs is 1. The van der Waals surface area contributed by atoms with E-state index >= 15 is 0 Å². The maximum Gasteiger partial charge on any atom is 0.237 e.